The predicted octanol–water partition coefficient (Wildman–Crippen LogP) is 0.297. The first-order chi connectivity index (χ1) is 6.74. The minimum atomic E-state index is -0.331. The molecule has 14 heavy (non-hydrogen) atoms. The van der Waals surface area contributed by atoms with Gasteiger partial charge in [0, 0.05) is 0 Å². The zero-order chi connectivity index (χ0) is 10.4. The number of aromatic nitrogens is 2. The third-order valence-electron chi connectivity index (χ3n) is 1.43. The zero-order valence-electron chi connectivity index (χ0n) is 7.83. The Morgan fingerprint density at radius 1 is 1.79 bits per heavy atom. The highest BCUT2D eigenvalue weighted by Crippen LogP contribution is 2.02. The number of nitrogen functional groups attached to an aromatic ring is 1. The van der Waals surface area contributed by atoms with Gasteiger partial charge in [-0.25, -0.2) is 0 Å². The molecular weight excluding hydrogens is 182 g/mol. The molecule has 0 saturated carbocycles. The number of nitrogens with one attached hydrogen (secondary N) is 1. The number of H-pyrrole nitrogens is 1. The Kier molecular flexibility index (Phi) is 3.56. The number of nitrogens with two attached hydrogens (primary N) is 1. The van der Waals surface area contributed by atoms with E-state index < -0.39 is 0 Å². The highest BCUT2D eigenvalue weighted by Gasteiger charge is 1.98. The van der Waals surface area contributed by atoms with E-state index in [0.29, 0.717) is 18.0 Å². The van der Waals surface area contributed by atoms with E-state index >= 15 is 0 Å². The molecule has 1 aromatic rings. The van der Waals surface area contributed by atoms with Gasteiger partial charge in [0.05, 0.1) is 18.4 Å². The van der Waals surface area contributed by atoms with Crippen LogP contribution in [0, 0.1) is 11.8 Å². The molecule has 0 atom stereocenters. The van der Waals surface area contributed by atoms with E-state index in [1.165, 1.54) is 6.20 Å². The highest BCUT2D eigenvalue weighted by molar-refractivity contribution is 5.72. The summed E-state index contributed by atoms with van der Waals surface area (Å²) in [5.74, 6) is 5.43. The number of carbonyl (C=O) groups excluding carboxylic acids is 1. The van der Waals surface area contributed by atoms with Crippen LogP contribution in [0.25, 0.3) is 0 Å². The van der Waals surface area contributed by atoms with Gasteiger partial charge in [0.2, 0.25) is 0 Å². The third kappa shape index (κ3) is 2.83. The maximum absolute atomic E-state index is 10.9. The summed E-state index contributed by atoms with van der Waals surface area (Å²) < 4.78 is 4.70. The fourth-order valence-corrected chi connectivity index (χ4v) is 0.819. The van der Waals surface area contributed by atoms with Crippen molar-refractivity contribution in [1.82, 2.24) is 10.2 Å². The number of esters is 1. The van der Waals surface area contributed by atoms with Gasteiger partial charge in [0.1, 0.15) is 12.2 Å². The van der Waals surface area contributed by atoms with Crippen molar-refractivity contribution in [2.24, 2.45) is 0 Å². The molecule has 1 aromatic heterocycles. The average molecular weight is 193 g/mol. The van der Waals surface area contributed by atoms with E-state index in [4.69, 9.17) is 10.5 Å². The number of ether oxygens (including phenoxy) is 1. The predicted molar refractivity (Wildman–Crippen MR) is 51.1 cm³/mol. The van der Waals surface area contributed by atoms with E-state index in [9.17, 15) is 4.79 Å². The summed E-state index contributed by atoms with van der Waals surface area (Å²) in [4.78, 5) is 10.9. The quantitative estimate of drug-likeness (QED) is 0.522. The second-order valence-electron chi connectivity index (χ2n) is 2.48. The average Bonchev–Trinajstić information content (AvgIpc) is 2.52. The third-order valence-corrected chi connectivity index (χ3v) is 1.43. The topological polar surface area (TPSA) is 81.0 Å². The second-order valence-corrected chi connectivity index (χ2v) is 2.48. The van der Waals surface area contributed by atoms with Crippen molar-refractivity contribution >= 4 is 11.8 Å². The van der Waals surface area contributed by atoms with Crippen molar-refractivity contribution in [3.05, 3.63) is 11.8 Å². The van der Waals surface area contributed by atoms with Gasteiger partial charge in [-0.15, -0.1) is 0 Å². The Bertz CT molecular complexity index is 373. The summed E-state index contributed by atoms with van der Waals surface area (Å²) in [7, 11) is 0. The van der Waals surface area contributed by atoms with Gasteiger partial charge in [-0.2, -0.15) is 5.10 Å². The SMILES string of the molecule is CCOC(=O)CC#Cc1cn[nH]c1N. The van der Waals surface area contributed by atoms with Gasteiger partial charge in [0.15, 0.2) is 0 Å². The Hall–Kier alpha value is -1.96. The Balaban J connectivity index is 2.49. The Morgan fingerprint density at radius 3 is 3.14 bits per heavy atom. The molecule has 0 spiro atoms. The van der Waals surface area contributed by atoms with Crippen molar-refractivity contribution in [1.29, 1.82) is 0 Å². The molecule has 1 rings (SSSR count). The number of carbonyl (C=O) groups is 1. The molecule has 0 bridgehead atoms. The number of nitrogens with zero attached hydrogens (tertiary/aromatic N) is 1. The summed E-state index contributed by atoms with van der Waals surface area (Å²) in [6, 6.07) is 0. The molecular formula is C9H11N3O2. The van der Waals surface area contributed by atoms with Gasteiger partial charge in [-0.05, 0) is 6.92 Å². The van der Waals surface area contributed by atoms with E-state index in [2.05, 4.69) is 22.0 Å². The standard InChI is InChI=1S/C9H11N3O2/c1-2-14-8(13)5-3-4-7-6-11-12-9(7)10/h6H,2,5H2,1H3,(H3,10,11,12). The van der Waals surface area contributed by atoms with Crippen molar-refractivity contribution in [2.45, 2.75) is 13.3 Å². The molecule has 0 fully saturated rings. The monoisotopic (exact) mass is 193 g/mol. The lowest BCUT2D eigenvalue weighted by Gasteiger charge is -1.94. The molecule has 5 heteroatoms. The molecule has 74 valence electrons. The first-order valence-corrected chi connectivity index (χ1v) is 4.17. The van der Waals surface area contributed by atoms with Gasteiger partial charge in [-0.1, -0.05) is 11.8 Å². The summed E-state index contributed by atoms with van der Waals surface area (Å²) in [6.07, 6.45) is 1.58. The Morgan fingerprint density at radius 2 is 2.57 bits per heavy atom. The van der Waals surface area contributed by atoms with Crippen molar-refractivity contribution in [3.63, 3.8) is 0 Å². The first kappa shape index (κ1) is 10.1. The lowest BCUT2D eigenvalue weighted by atomic mass is 10.3. The van der Waals surface area contributed by atoms with Crippen LogP contribution in [0.2, 0.25) is 0 Å². The molecule has 0 radical (unpaired) electrons. The Labute approximate surface area is 81.6 Å². The molecule has 3 N–H and O–H groups in total. The van der Waals surface area contributed by atoms with Crippen LogP contribution in [0.3, 0.4) is 0 Å². The number of rotatable bonds is 2. The molecule has 0 amide bonds. The maximum atomic E-state index is 10.9. The number of hydrogen-bond acceptors (Lipinski definition) is 4. The molecule has 1 heterocycles. The van der Waals surface area contributed by atoms with Crippen molar-refractivity contribution < 1.29 is 9.53 Å². The normalized spacial score (nSPS) is 8.93. The number of anilines is 1. The van der Waals surface area contributed by atoms with Crippen LogP contribution in [0.5, 0.6) is 0 Å². The van der Waals surface area contributed by atoms with Crippen LogP contribution in [0.4, 0.5) is 5.82 Å². The van der Waals surface area contributed by atoms with Crippen LogP contribution in [-0.2, 0) is 9.53 Å². The summed E-state index contributed by atoms with van der Waals surface area (Å²) in [5, 5.41) is 6.23. The van der Waals surface area contributed by atoms with Crippen LogP contribution < -0.4 is 5.73 Å². The summed E-state index contributed by atoms with van der Waals surface area (Å²) in [6.45, 7) is 2.12. The number of hydrogen-bond donors (Lipinski definition) is 2. The van der Waals surface area contributed by atoms with E-state index in [-0.39, 0.29) is 12.4 Å². The van der Waals surface area contributed by atoms with Gasteiger partial charge in [0.25, 0.3) is 0 Å². The fraction of sp³-hybridized carbons (Fsp3) is 0.333. The molecule has 0 saturated heterocycles. The molecule has 0 aliphatic carbocycles. The smallest absolute Gasteiger partial charge is 0.317 e. The van der Waals surface area contributed by atoms with E-state index in [1.807, 2.05) is 0 Å². The lowest BCUT2D eigenvalue weighted by molar-refractivity contribution is -0.141. The summed E-state index contributed by atoms with van der Waals surface area (Å²) >= 11 is 0. The van der Waals surface area contributed by atoms with Crippen LogP contribution in [0.15, 0.2) is 6.20 Å². The fourth-order valence-electron chi connectivity index (χ4n) is 0.819. The van der Waals surface area contributed by atoms with Gasteiger partial charge >= 0.3 is 5.97 Å². The zero-order valence-corrected chi connectivity index (χ0v) is 7.83. The molecule has 0 unspecified atom stereocenters. The first-order valence-electron chi connectivity index (χ1n) is 4.17. The molecule has 0 aliphatic rings. The van der Waals surface area contributed by atoms with E-state index in [0.717, 1.165) is 0 Å². The lowest BCUT2D eigenvalue weighted by Crippen LogP contribution is -2.01. The summed E-state index contributed by atoms with van der Waals surface area (Å²) in [5.41, 5.74) is 6.07. The molecule has 5 nitrogen and oxygen atoms in total. The second kappa shape index (κ2) is 4.92. The minimum Gasteiger partial charge on any atom is -0.465 e. The van der Waals surface area contributed by atoms with Crippen LogP contribution in [0.1, 0.15) is 18.9 Å². The largest absolute Gasteiger partial charge is 0.465 e. The van der Waals surface area contributed by atoms with Crippen LogP contribution >= 0.6 is 0 Å². The minimum absolute atomic E-state index is 0.0679. The van der Waals surface area contributed by atoms with Gasteiger partial charge in [-0.3, -0.25) is 9.89 Å². The maximum Gasteiger partial charge on any atom is 0.317 e. The van der Waals surface area contributed by atoms with Crippen molar-refractivity contribution in [3.8, 4) is 11.8 Å². The molecule has 0 aromatic carbocycles. The van der Waals surface area contributed by atoms with Gasteiger partial charge < -0.3 is 10.5 Å². The number of aromatic amines is 1. The molecule has 0 aliphatic heterocycles. The van der Waals surface area contributed by atoms with Crippen molar-refractivity contribution in [2.75, 3.05) is 12.3 Å². The van der Waals surface area contributed by atoms with Crippen LogP contribution in [-0.4, -0.2) is 22.8 Å². The highest BCUT2D eigenvalue weighted by atomic mass is 16.5. The van der Waals surface area contributed by atoms with E-state index in [1.54, 1.807) is 6.92 Å².